The first-order chi connectivity index (χ1) is 7.54. The zero-order valence-corrected chi connectivity index (χ0v) is 11.1. The van der Waals surface area contributed by atoms with Crippen molar-refractivity contribution < 1.29 is 4.79 Å². The fourth-order valence-electron chi connectivity index (χ4n) is 2.17. The zero-order chi connectivity index (χ0) is 12.1. The lowest BCUT2D eigenvalue weighted by molar-refractivity contribution is -0.137. The molecule has 3 heteroatoms. The molecule has 2 atom stereocenters. The van der Waals surface area contributed by atoms with Crippen LogP contribution in [-0.4, -0.2) is 37.0 Å². The molecule has 0 saturated carbocycles. The molecule has 0 radical (unpaired) electrons. The van der Waals surface area contributed by atoms with Crippen molar-refractivity contribution in [1.82, 2.24) is 10.2 Å². The van der Waals surface area contributed by atoms with Crippen molar-refractivity contribution in [2.75, 3.05) is 20.1 Å². The van der Waals surface area contributed by atoms with Crippen LogP contribution in [0.2, 0.25) is 0 Å². The minimum Gasteiger partial charge on any atom is -0.342 e. The lowest BCUT2D eigenvalue weighted by Gasteiger charge is -2.30. The Bertz CT molecular complexity index is 220. The summed E-state index contributed by atoms with van der Waals surface area (Å²) < 4.78 is 0. The van der Waals surface area contributed by atoms with E-state index in [1.54, 1.807) is 0 Å². The van der Waals surface area contributed by atoms with E-state index in [2.05, 4.69) is 19.2 Å². The molecule has 1 N–H and O–H groups in total. The van der Waals surface area contributed by atoms with Crippen LogP contribution >= 0.6 is 0 Å². The zero-order valence-electron chi connectivity index (χ0n) is 11.1. The Balaban J connectivity index is 2.54. The average molecular weight is 226 g/mol. The Labute approximate surface area is 99.6 Å². The number of carbonyl (C=O) groups is 1. The van der Waals surface area contributed by atoms with Crippen molar-refractivity contribution in [1.29, 1.82) is 0 Å². The van der Waals surface area contributed by atoms with Gasteiger partial charge in [-0.1, -0.05) is 20.8 Å². The van der Waals surface area contributed by atoms with E-state index in [-0.39, 0.29) is 5.92 Å². The molecule has 1 heterocycles. The van der Waals surface area contributed by atoms with Gasteiger partial charge in [0.05, 0.1) is 0 Å². The molecule has 94 valence electrons. The smallest absolute Gasteiger partial charge is 0.225 e. The van der Waals surface area contributed by atoms with E-state index in [4.69, 9.17) is 0 Å². The number of nitrogens with one attached hydrogen (secondary N) is 1. The topological polar surface area (TPSA) is 32.3 Å². The van der Waals surface area contributed by atoms with Gasteiger partial charge < -0.3 is 10.2 Å². The average Bonchev–Trinajstić information content (AvgIpc) is 2.54. The molecule has 1 rings (SSSR count). The number of nitrogens with zero attached hydrogens (tertiary/aromatic N) is 1. The summed E-state index contributed by atoms with van der Waals surface area (Å²) in [6.45, 7) is 8.41. The van der Waals surface area contributed by atoms with Crippen molar-refractivity contribution in [3.8, 4) is 0 Å². The maximum absolute atomic E-state index is 12.2. The fourth-order valence-corrected chi connectivity index (χ4v) is 2.17. The molecule has 0 aromatic rings. The molecule has 3 nitrogen and oxygen atoms in total. The monoisotopic (exact) mass is 226 g/mol. The molecule has 0 aromatic carbocycles. The molecule has 0 aromatic heterocycles. The van der Waals surface area contributed by atoms with Crippen molar-refractivity contribution in [3.63, 3.8) is 0 Å². The number of hydrogen-bond acceptors (Lipinski definition) is 2. The highest BCUT2D eigenvalue weighted by molar-refractivity contribution is 5.78. The predicted molar refractivity (Wildman–Crippen MR) is 67.3 cm³/mol. The first kappa shape index (κ1) is 13.5. The Morgan fingerprint density at radius 2 is 1.94 bits per heavy atom. The van der Waals surface area contributed by atoms with E-state index in [1.165, 1.54) is 6.42 Å². The van der Waals surface area contributed by atoms with Crippen molar-refractivity contribution in [2.45, 2.75) is 46.1 Å². The maximum atomic E-state index is 12.2. The summed E-state index contributed by atoms with van der Waals surface area (Å²) in [6.07, 6.45) is 3.41. The quantitative estimate of drug-likeness (QED) is 0.797. The molecular formula is C13H26N2O. The van der Waals surface area contributed by atoms with Crippen LogP contribution in [0.3, 0.4) is 0 Å². The Morgan fingerprint density at radius 1 is 1.25 bits per heavy atom. The van der Waals surface area contributed by atoms with Crippen LogP contribution in [-0.2, 0) is 4.79 Å². The SMILES string of the molecule is CC(C)C(C)C(=O)N(C)C1CCCNCC1. The third kappa shape index (κ3) is 3.48. The molecule has 0 bridgehead atoms. The van der Waals surface area contributed by atoms with E-state index < -0.39 is 0 Å². The van der Waals surface area contributed by atoms with Gasteiger partial charge in [-0.25, -0.2) is 0 Å². The number of carbonyl (C=O) groups excluding carboxylic acids is 1. The fraction of sp³-hybridized carbons (Fsp3) is 0.923. The number of amides is 1. The maximum Gasteiger partial charge on any atom is 0.225 e. The largest absolute Gasteiger partial charge is 0.342 e. The molecule has 2 unspecified atom stereocenters. The highest BCUT2D eigenvalue weighted by atomic mass is 16.2. The molecule has 0 aliphatic carbocycles. The minimum atomic E-state index is 0.140. The van der Waals surface area contributed by atoms with Gasteiger partial charge in [0.2, 0.25) is 5.91 Å². The van der Waals surface area contributed by atoms with Gasteiger partial charge in [-0.3, -0.25) is 4.79 Å². The van der Waals surface area contributed by atoms with E-state index >= 15 is 0 Å². The number of rotatable bonds is 3. The molecule has 1 fully saturated rings. The van der Waals surface area contributed by atoms with Crippen LogP contribution in [0.5, 0.6) is 0 Å². The normalized spacial score (nSPS) is 23.9. The van der Waals surface area contributed by atoms with Gasteiger partial charge in [-0.15, -0.1) is 0 Å². The second kappa shape index (κ2) is 6.24. The molecular weight excluding hydrogens is 200 g/mol. The van der Waals surface area contributed by atoms with Crippen LogP contribution in [0.1, 0.15) is 40.0 Å². The van der Waals surface area contributed by atoms with Gasteiger partial charge in [0, 0.05) is 19.0 Å². The standard InChI is InChI=1S/C13H26N2O/c1-10(2)11(3)13(16)15(4)12-6-5-8-14-9-7-12/h10-12,14H,5-9H2,1-4H3. The second-order valence-corrected chi connectivity index (χ2v) is 5.32. The first-order valence-electron chi connectivity index (χ1n) is 6.51. The Kier molecular flexibility index (Phi) is 5.26. The number of hydrogen-bond donors (Lipinski definition) is 1. The summed E-state index contributed by atoms with van der Waals surface area (Å²) in [4.78, 5) is 14.2. The van der Waals surface area contributed by atoms with E-state index in [0.717, 1.165) is 25.9 Å². The highest BCUT2D eigenvalue weighted by Gasteiger charge is 2.26. The Morgan fingerprint density at radius 3 is 2.56 bits per heavy atom. The van der Waals surface area contributed by atoms with Gasteiger partial charge in [-0.2, -0.15) is 0 Å². The van der Waals surface area contributed by atoms with Crippen LogP contribution in [0.25, 0.3) is 0 Å². The minimum absolute atomic E-state index is 0.140. The van der Waals surface area contributed by atoms with Crippen LogP contribution in [0.4, 0.5) is 0 Å². The van der Waals surface area contributed by atoms with E-state index in [0.29, 0.717) is 17.9 Å². The third-order valence-electron chi connectivity index (χ3n) is 3.83. The van der Waals surface area contributed by atoms with Crippen LogP contribution in [0.15, 0.2) is 0 Å². The van der Waals surface area contributed by atoms with Gasteiger partial charge in [0.25, 0.3) is 0 Å². The summed E-state index contributed by atoms with van der Waals surface area (Å²) in [5.41, 5.74) is 0. The molecule has 1 aliphatic heterocycles. The van der Waals surface area contributed by atoms with Gasteiger partial charge >= 0.3 is 0 Å². The second-order valence-electron chi connectivity index (χ2n) is 5.32. The summed E-state index contributed by atoms with van der Waals surface area (Å²) in [5.74, 6) is 0.877. The van der Waals surface area contributed by atoms with Gasteiger partial charge in [-0.05, 0) is 38.3 Å². The lowest BCUT2D eigenvalue weighted by Crippen LogP contribution is -2.41. The molecule has 0 spiro atoms. The third-order valence-corrected chi connectivity index (χ3v) is 3.83. The molecule has 1 saturated heterocycles. The van der Waals surface area contributed by atoms with E-state index in [9.17, 15) is 4.79 Å². The van der Waals surface area contributed by atoms with Gasteiger partial charge in [0.1, 0.15) is 0 Å². The molecule has 1 aliphatic rings. The lowest BCUT2D eigenvalue weighted by atomic mass is 9.95. The first-order valence-corrected chi connectivity index (χ1v) is 6.51. The summed E-state index contributed by atoms with van der Waals surface area (Å²) >= 11 is 0. The van der Waals surface area contributed by atoms with E-state index in [1.807, 2.05) is 18.9 Å². The summed E-state index contributed by atoms with van der Waals surface area (Å²) in [6, 6.07) is 0.434. The summed E-state index contributed by atoms with van der Waals surface area (Å²) in [5, 5.41) is 3.39. The molecule has 1 amide bonds. The Hall–Kier alpha value is -0.570. The van der Waals surface area contributed by atoms with Crippen molar-refractivity contribution in [2.24, 2.45) is 11.8 Å². The highest BCUT2D eigenvalue weighted by Crippen LogP contribution is 2.18. The molecule has 16 heavy (non-hydrogen) atoms. The van der Waals surface area contributed by atoms with Crippen molar-refractivity contribution in [3.05, 3.63) is 0 Å². The van der Waals surface area contributed by atoms with Crippen LogP contribution < -0.4 is 5.32 Å². The predicted octanol–water partition coefficient (Wildman–Crippen LogP) is 1.88. The van der Waals surface area contributed by atoms with Crippen molar-refractivity contribution >= 4 is 5.91 Å². The van der Waals surface area contributed by atoms with Gasteiger partial charge in [0.15, 0.2) is 0 Å². The van der Waals surface area contributed by atoms with Crippen LogP contribution in [0, 0.1) is 11.8 Å². The summed E-state index contributed by atoms with van der Waals surface area (Å²) in [7, 11) is 1.97.